The number of urea groups is 1. The summed E-state index contributed by atoms with van der Waals surface area (Å²) in [5.41, 5.74) is 1.76. The number of sulfone groups is 1. The van der Waals surface area contributed by atoms with Crippen LogP contribution in [0.4, 0.5) is 16.2 Å². The molecule has 0 fully saturated rings. The monoisotopic (exact) mass is 323 g/mol. The Balaban J connectivity index is 1.91. The lowest BCUT2D eigenvalue weighted by atomic mass is 10.2. The van der Waals surface area contributed by atoms with Gasteiger partial charge in [-0.1, -0.05) is 0 Å². The normalized spacial score (nSPS) is 18.9. The van der Waals surface area contributed by atoms with Gasteiger partial charge < -0.3 is 15.5 Å². The van der Waals surface area contributed by atoms with Crippen molar-refractivity contribution in [3.63, 3.8) is 0 Å². The summed E-state index contributed by atoms with van der Waals surface area (Å²) >= 11 is 0. The Labute approximate surface area is 131 Å². The number of anilines is 2. The fraction of sp³-hybridized carbons (Fsp3) is 0.400. The molecule has 0 aromatic heterocycles. The number of benzene rings is 1. The smallest absolute Gasteiger partial charge is 0.319 e. The second-order valence-electron chi connectivity index (χ2n) is 5.08. The summed E-state index contributed by atoms with van der Waals surface area (Å²) in [6.45, 7) is 6.02. The number of hydrogen-bond donors (Lipinski definition) is 2. The van der Waals surface area contributed by atoms with Gasteiger partial charge in [-0.3, -0.25) is 0 Å². The fourth-order valence-corrected chi connectivity index (χ4v) is 3.58. The Hall–Kier alpha value is -2.02. The standard InChI is InChI=1S/C15H21N3O3S/c1-3-18(4-2)14-7-5-12(6-8-14)16-15(19)17-13-9-10-22(20,21)11-13/h5-10,13H,3-4,11H2,1-2H3,(H2,16,17,19). The SMILES string of the molecule is CCN(CC)c1ccc(NC(=O)NC2C=CS(=O)(=O)C2)cc1. The van der Waals surface area contributed by atoms with Gasteiger partial charge in [-0.05, 0) is 44.2 Å². The van der Waals surface area contributed by atoms with E-state index in [-0.39, 0.29) is 5.75 Å². The molecule has 6 nitrogen and oxygen atoms in total. The Morgan fingerprint density at radius 3 is 2.36 bits per heavy atom. The van der Waals surface area contributed by atoms with E-state index in [1.54, 1.807) is 0 Å². The van der Waals surface area contributed by atoms with Crippen LogP contribution in [0, 0.1) is 0 Å². The fourth-order valence-electron chi connectivity index (χ4n) is 2.35. The molecule has 2 rings (SSSR count). The molecule has 1 aromatic carbocycles. The third-order valence-electron chi connectivity index (χ3n) is 3.50. The number of nitrogens with one attached hydrogen (secondary N) is 2. The lowest BCUT2D eigenvalue weighted by molar-refractivity contribution is 0.251. The number of nitrogens with zero attached hydrogens (tertiary/aromatic N) is 1. The molecular weight excluding hydrogens is 302 g/mol. The second-order valence-corrected chi connectivity index (χ2v) is 7.01. The summed E-state index contributed by atoms with van der Waals surface area (Å²) in [4.78, 5) is 14.1. The minimum absolute atomic E-state index is 0.0820. The molecule has 1 atom stereocenters. The van der Waals surface area contributed by atoms with E-state index in [2.05, 4.69) is 29.4 Å². The highest BCUT2D eigenvalue weighted by Gasteiger charge is 2.22. The molecule has 7 heteroatoms. The van der Waals surface area contributed by atoms with Crippen LogP contribution in [0.5, 0.6) is 0 Å². The molecule has 1 unspecified atom stereocenters. The minimum Gasteiger partial charge on any atom is -0.372 e. The Kier molecular flexibility index (Phi) is 5.07. The van der Waals surface area contributed by atoms with Crippen molar-refractivity contribution in [2.24, 2.45) is 0 Å². The first-order valence-corrected chi connectivity index (χ1v) is 8.98. The van der Waals surface area contributed by atoms with Gasteiger partial charge in [-0.25, -0.2) is 13.2 Å². The highest BCUT2D eigenvalue weighted by atomic mass is 32.2. The maximum atomic E-state index is 11.8. The highest BCUT2D eigenvalue weighted by Crippen LogP contribution is 2.17. The van der Waals surface area contributed by atoms with Gasteiger partial charge in [-0.15, -0.1) is 0 Å². The first kappa shape index (κ1) is 16.4. The number of hydrogen-bond acceptors (Lipinski definition) is 4. The average Bonchev–Trinajstić information content (AvgIpc) is 2.81. The number of rotatable bonds is 5. The van der Waals surface area contributed by atoms with Gasteiger partial charge in [0.15, 0.2) is 9.84 Å². The number of carbonyl (C=O) groups is 1. The predicted molar refractivity (Wildman–Crippen MR) is 88.9 cm³/mol. The average molecular weight is 323 g/mol. The predicted octanol–water partition coefficient (Wildman–Crippen LogP) is 1.96. The van der Waals surface area contributed by atoms with Gasteiger partial charge >= 0.3 is 6.03 Å². The molecule has 2 N–H and O–H groups in total. The largest absolute Gasteiger partial charge is 0.372 e. The van der Waals surface area contributed by atoms with Crippen LogP contribution in [-0.4, -0.2) is 39.3 Å². The first-order chi connectivity index (χ1) is 10.4. The Morgan fingerprint density at radius 2 is 1.86 bits per heavy atom. The summed E-state index contributed by atoms with van der Waals surface area (Å²) in [5, 5.41) is 6.45. The molecular formula is C15H21N3O3S. The molecule has 0 aliphatic carbocycles. The van der Waals surface area contributed by atoms with E-state index in [1.165, 1.54) is 6.08 Å². The first-order valence-electron chi connectivity index (χ1n) is 7.27. The van der Waals surface area contributed by atoms with Crippen molar-refractivity contribution in [2.75, 3.05) is 29.1 Å². The van der Waals surface area contributed by atoms with E-state index in [4.69, 9.17) is 0 Å². The van der Waals surface area contributed by atoms with Crippen molar-refractivity contribution >= 4 is 27.2 Å². The lowest BCUT2D eigenvalue weighted by Gasteiger charge is -2.21. The van der Waals surface area contributed by atoms with Gasteiger partial charge in [-0.2, -0.15) is 0 Å². The van der Waals surface area contributed by atoms with Crippen molar-refractivity contribution in [3.8, 4) is 0 Å². The molecule has 1 aliphatic rings. The molecule has 0 bridgehead atoms. The van der Waals surface area contributed by atoms with E-state index in [0.29, 0.717) is 5.69 Å². The van der Waals surface area contributed by atoms with Gasteiger partial charge in [0.2, 0.25) is 0 Å². The van der Waals surface area contributed by atoms with Crippen LogP contribution < -0.4 is 15.5 Å². The molecule has 0 radical (unpaired) electrons. The van der Waals surface area contributed by atoms with Crippen LogP contribution in [0.1, 0.15) is 13.8 Å². The van der Waals surface area contributed by atoms with Crippen molar-refractivity contribution in [1.82, 2.24) is 5.32 Å². The molecule has 1 aromatic rings. The van der Waals surface area contributed by atoms with Crippen LogP contribution in [0.25, 0.3) is 0 Å². The number of carbonyl (C=O) groups excluding carboxylic acids is 1. The molecule has 2 amide bonds. The van der Waals surface area contributed by atoms with Crippen molar-refractivity contribution in [1.29, 1.82) is 0 Å². The maximum absolute atomic E-state index is 11.8. The van der Waals surface area contributed by atoms with E-state index < -0.39 is 21.9 Å². The van der Waals surface area contributed by atoms with E-state index in [9.17, 15) is 13.2 Å². The molecule has 0 spiro atoms. The van der Waals surface area contributed by atoms with Crippen molar-refractivity contribution in [3.05, 3.63) is 35.7 Å². The quantitative estimate of drug-likeness (QED) is 0.868. The van der Waals surface area contributed by atoms with Gasteiger partial charge in [0.1, 0.15) is 0 Å². The van der Waals surface area contributed by atoms with Crippen LogP contribution in [0.15, 0.2) is 35.7 Å². The molecule has 1 heterocycles. The lowest BCUT2D eigenvalue weighted by Crippen LogP contribution is -2.38. The van der Waals surface area contributed by atoms with Gasteiger partial charge in [0.05, 0.1) is 11.8 Å². The zero-order chi connectivity index (χ0) is 16.2. The Morgan fingerprint density at radius 1 is 1.23 bits per heavy atom. The zero-order valence-electron chi connectivity index (χ0n) is 12.7. The summed E-state index contributed by atoms with van der Waals surface area (Å²) in [5.74, 6) is -0.0820. The molecule has 0 saturated carbocycles. The molecule has 1 aliphatic heterocycles. The highest BCUT2D eigenvalue weighted by molar-refractivity contribution is 7.94. The van der Waals surface area contributed by atoms with E-state index in [1.807, 2.05) is 24.3 Å². The summed E-state index contributed by atoms with van der Waals surface area (Å²) in [6.07, 6.45) is 1.48. The van der Waals surface area contributed by atoms with Crippen molar-refractivity contribution < 1.29 is 13.2 Å². The van der Waals surface area contributed by atoms with Gasteiger partial charge in [0.25, 0.3) is 0 Å². The Bertz CT molecular complexity index is 649. The minimum atomic E-state index is -3.16. The molecule has 0 saturated heterocycles. The third kappa shape index (κ3) is 4.24. The van der Waals surface area contributed by atoms with E-state index >= 15 is 0 Å². The van der Waals surface area contributed by atoms with Gasteiger partial charge in [0, 0.05) is 29.9 Å². The summed E-state index contributed by atoms with van der Waals surface area (Å²) in [7, 11) is -3.16. The van der Waals surface area contributed by atoms with Crippen molar-refractivity contribution in [2.45, 2.75) is 19.9 Å². The number of amides is 2. The summed E-state index contributed by atoms with van der Waals surface area (Å²) < 4.78 is 22.6. The zero-order valence-corrected chi connectivity index (χ0v) is 13.6. The van der Waals surface area contributed by atoms with Crippen LogP contribution >= 0.6 is 0 Å². The maximum Gasteiger partial charge on any atom is 0.319 e. The second kappa shape index (κ2) is 6.83. The third-order valence-corrected chi connectivity index (χ3v) is 4.90. The van der Waals surface area contributed by atoms with Crippen LogP contribution in [0.3, 0.4) is 0 Å². The molecule has 22 heavy (non-hydrogen) atoms. The van der Waals surface area contributed by atoms with Crippen LogP contribution in [-0.2, 0) is 9.84 Å². The molecule has 120 valence electrons. The van der Waals surface area contributed by atoms with Crippen LogP contribution in [0.2, 0.25) is 0 Å². The van der Waals surface area contributed by atoms with E-state index in [0.717, 1.165) is 24.2 Å². The topological polar surface area (TPSA) is 78.5 Å². The summed E-state index contributed by atoms with van der Waals surface area (Å²) in [6, 6.07) is 6.66.